The lowest BCUT2D eigenvalue weighted by Gasteiger charge is -2.11. The van der Waals surface area contributed by atoms with Gasteiger partial charge in [0.1, 0.15) is 0 Å². The van der Waals surface area contributed by atoms with Crippen LogP contribution in [0.2, 0.25) is 0 Å². The van der Waals surface area contributed by atoms with Gasteiger partial charge in [0.25, 0.3) is 0 Å². The van der Waals surface area contributed by atoms with Gasteiger partial charge < -0.3 is 0 Å². The van der Waals surface area contributed by atoms with Crippen LogP contribution < -0.4 is 0 Å². The van der Waals surface area contributed by atoms with Crippen LogP contribution >= 0.6 is 0 Å². The molecule has 0 radical (unpaired) electrons. The lowest BCUT2D eigenvalue weighted by atomic mass is 10.0. The van der Waals surface area contributed by atoms with Crippen molar-refractivity contribution in [2.75, 3.05) is 0 Å². The highest BCUT2D eigenvalue weighted by atomic mass is 14.9. The highest BCUT2D eigenvalue weighted by Gasteiger charge is 2.13. The van der Waals surface area contributed by atoms with E-state index in [0.717, 1.165) is 50.2 Å². The number of fused-ring (bicyclic) bond motifs is 3. The van der Waals surface area contributed by atoms with Gasteiger partial charge in [0.2, 0.25) is 0 Å². The van der Waals surface area contributed by atoms with E-state index in [1.165, 1.54) is 21.5 Å². The van der Waals surface area contributed by atoms with Gasteiger partial charge >= 0.3 is 0 Å². The molecule has 3 heteroatoms. The Morgan fingerprint density at radius 1 is 0.286 bits per heavy atom. The van der Waals surface area contributed by atoms with Crippen molar-refractivity contribution in [3.8, 4) is 45.2 Å². The third-order valence-electron chi connectivity index (χ3n) is 7.83. The van der Waals surface area contributed by atoms with E-state index in [0.29, 0.717) is 5.82 Å². The van der Waals surface area contributed by atoms with E-state index in [2.05, 4.69) is 140 Å². The third-order valence-corrected chi connectivity index (χ3v) is 7.83. The van der Waals surface area contributed by atoms with Crippen molar-refractivity contribution in [1.29, 1.82) is 0 Å². The van der Waals surface area contributed by atoms with Crippen molar-refractivity contribution in [1.82, 2.24) is 15.0 Å². The lowest BCUT2D eigenvalue weighted by Crippen LogP contribution is -1.96. The Hall–Kier alpha value is -5.67. The zero-order chi connectivity index (χ0) is 27.9. The zero-order valence-corrected chi connectivity index (χ0v) is 22.8. The molecular formula is C39H25N3. The van der Waals surface area contributed by atoms with Crippen molar-refractivity contribution in [3.05, 3.63) is 152 Å². The quantitative estimate of drug-likeness (QED) is 0.225. The first-order valence-electron chi connectivity index (χ1n) is 14.1. The molecule has 8 aromatic rings. The van der Waals surface area contributed by atoms with E-state index < -0.39 is 0 Å². The van der Waals surface area contributed by atoms with Gasteiger partial charge in [-0.1, -0.05) is 115 Å². The van der Waals surface area contributed by atoms with Gasteiger partial charge in [-0.25, -0.2) is 15.0 Å². The second kappa shape index (κ2) is 10.1. The molecule has 0 amide bonds. The summed E-state index contributed by atoms with van der Waals surface area (Å²) in [4.78, 5) is 15.2. The summed E-state index contributed by atoms with van der Waals surface area (Å²) in [5, 5.41) is 5.92. The number of aromatic nitrogens is 3. The predicted molar refractivity (Wildman–Crippen MR) is 174 cm³/mol. The number of hydrogen-bond donors (Lipinski definition) is 0. The van der Waals surface area contributed by atoms with Crippen molar-refractivity contribution >= 4 is 32.4 Å². The summed E-state index contributed by atoms with van der Waals surface area (Å²) in [6.45, 7) is 0. The van der Waals surface area contributed by atoms with Gasteiger partial charge in [0, 0.05) is 27.6 Å². The van der Waals surface area contributed by atoms with Gasteiger partial charge in [-0.05, 0) is 57.9 Å². The Kier molecular flexibility index (Phi) is 5.79. The number of hydrogen-bond acceptors (Lipinski definition) is 3. The van der Waals surface area contributed by atoms with Gasteiger partial charge in [0.15, 0.2) is 5.82 Å². The largest absolute Gasteiger partial charge is 0.248 e. The summed E-state index contributed by atoms with van der Waals surface area (Å²) in [6, 6.07) is 52.8. The van der Waals surface area contributed by atoms with E-state index in [-0.39, 0.29) is 0 Å². The van der Waals surface area contributed by atoms with Crippen LogP contribution in [0.3, 0.4) is 0 Å². The second-order valence-corrected chi connectivity index (χ2v) is 10.6. The average Bonchev–Trinajstić information content (AvgIpc) is 3.07. The number of rotatable bonds is 4. The van der Waals surface area contributed by atoms with Crippen molar-refractivity contribution in [2.45, 2.75) is 0 Å². The molecule has 42 heavy (non-hydrogen) atoms. The van der Waals surface area contributed by atoms with Crippen LogP contribution in [0.4, 0.5) is 0 Å². The second-order valence-electron chi connectivity index (χ2n) is 10.6. The molecule has 0 spiro atoms. The molecular weight excluding hydrogens is 510 g/mol. The molecule has 2 heterocycles. The van der Waals surface area contributed by atoms with Crippen molar-refractivity contribution < 1.29 is 0 Å². The molecule has 3 nitrogen and oxygen atoms in total. The maximum Gasteiger partial charge on any atom is 0.160 e. The van der Waals surface area contributed by atoms with Crippen LogP contribution in [0, 0.1) is 0 Å². The van der Waals surface area contributed by atoms with Gasteiger partial charge in [-0.3, -0.25) is 0 Å². The van der Waals surface area contributed by atoms with Gasteiger partial charge in [0.05, 0.1) is 22.6 Å². The Balaban J connectivity index is 1.29. The van der Waals surface area contributed by atoms with Gasteiger partial charge in [-0.15, -0.1) is 0 Å². The number of nitrogens with zero attached hydrogens (tertiary/aromatic N) is 3. The average molecular weight is 536 g/mol. The van der Waals surface area contributed by atoms with Crippen LogP contribution in [-0.2, 0) is 0 Å². The summed E-state index contributed by atoms with van der Waals surface area (Å²) in [5.74, 6) is 0.687. The maximum atomic E-state index is 5.12. The van der Waals surface area contributed by atoms with E-state index in [9.17, 15) is 0 Å². The molecule has 0 unspecified atom stereocenters. The molecule has 0 atom stereocenters. The van der Waals surface area contributed by atoms with E-state index in [4.69, 9.17) is 15.0 Å². The van der Waals surface area contributed by atoms with Crippen LogP contribution in [0.5, 0.6) is 0 Å². The predicted octanol–water partition coefficient (Wildman–Crippen LogP) is 10.00. The topological polar surface area (TPSA) is 38.7 Å². The highest BCUT2D eigenvalue weighted by Crippen LogP contribution is 2.32. The molecule has 0 aliphatic rings. The minimum atomic E-state index is 0.687. The first-order valence-corrected chi connectivity index (χ1v) is 14.1. The molecule has 0 saturated carbocycles. The molecule has 0 fully saturated rings. The Morgan fingerprint density at radius 2 is 0.810 bits per heavy atom. The summed E-state index contributed by atoms with van der Waals surface area (Å²) in [5.41, 5.74) is 7.80. The number of para-hydroxylation sites is 1. The minimum absolute atomic E-state index is 0.687. The fourth-order valence-corrected chi connectivity index (χ4v) is 5.61. The molecule has 0 saturated heterocycles. The fourth-order valence-electron chi connectivity index (χ4n) is 5.61. The maximum absolute atomic E-state index is 5.12. The molecule has 196 valence electrons. The standard InChI is InChI=1S/C39H25N3/c1-3-11-29-22-32(18-16-26(29)8-1)37-25-38(33-19-17-27-9-2-4-12-30(27)23-33)42-39(41-37)34-14-7-13-31(24-34)36-21-20-28-10-5-6-15-35(28)40-36/h1-25H. The highest BCUT2D eigenvalue weighted by molar-refractivity contribution is 5.89. The molecule has 0 aliphatic carbocycles. The summed E-state index contributed by atoms with van der Waals surface area (Å²) < 4.78 is 0. The molecule has 0 aliphatic heterocycles. The molecule has 8 rings (SSSR count). The van der Waals surface area contributed by atoms with Crippen LogP contribution in [0.1, 0.15) is 0 Å². The van der Waals surface area contributed by atoms with Crippen molar-refractivity contribution in [2.24, 2.45) is 0 Å². The molecule has 2 aromatic heterocycles. The Morgan fingerprint density at radius 3 is 1.48 bits per heavy atom. The van der Waals surface area contributed by atoms with E-state index in [1.54, 1.807) is 0 Å². The number of pyridine rings is 1. The lowest BCUT2D eigenvalue weighted by molar-refractivity contribution is 1.18. The Labute approximate surface area is 243 Å². The van der Waals surface area contributed by atoms with Crippen LogP contribution in [0.15, 0.2) is 152 Å². The molecule has 0 bridgehead atoms. The van der Waals surface area contributed by atoms with E-state index in [1.807, 2.05) is 12.1 Å². The van der Waals surface area contributed by atoms with Crippen LogP contribution in [0.25, 0.3) is 77.6 Å². The molecule has 6 aromatic carbocycles. The first kappa shape index (κ1) is 24.2. The summed E-state index contributed by atoms with van der Waals surface area (Å²) in [6.07, 6.45) is 0. The normalized spacial score (nSPS) is 11.3. The monoisotopic (exact) mass is 535 g/mol. The van der Waals surface area contributed by atoms with Crippen molar-refractivity contribution in [3.63, 3.8) is 0 Å². The summed E-state index contributed by atoms with van der Waals surface area (Å²) >= 11 is 0. The van der Waals surface area contributed by atoms with E-state index >= 15 is 0 Å². The smallest absolute Gasteiger partial charge is 0.160 e. The fraction of sp³-hybridized carbons (Fsp3) is 0. The van der Waals surface area contributed by atoms with Gasteiger partial charge in [-0.2, -0.15) is 0 Å². The Bertz CT molecular complexity index is 2170. The first-order chi connectivity index (χ1) is 20.8. The van der Waals surface area contributed by atoms with Crippen LogP contribution in [-0.4, -0.2) is 15.0 Å². The number of benzene rings is 6. The zero-order valence-electron chi connectivity index (χ0n) is 22.8. The SMILES string of the molecule is c1cc(-c2ccc3ccccc3n2)cc(-c2nc(-c3ccc4ccccc4c3)cc(-c3ccc4ccccc4c3)n2)c1. The third kappa shape index (κ3) is 4.47. The summed E-state index contributed by atoms with van der Waals surface area (Å²) in [7, 11) is 0. The minimum Gasteiger partial charge on any atom is -0.248 e. The molecule has 0 N–H and O–H groups in total.